The maximum absolute atomic E-state index is 2.60. The lowest BCUT2D eigenvalue weighted by Gasteiger charge is -2.34. The van der Waals surface area contributed by atoms with Crippen molar-refractivity contribution >= 4 is 38.6 Å². The Morgan fingerprint density at radius 2 is 0.951 bits per heavy atom. The van der Waals surface area contributed by atoms with Crippen molar-refractivity contribution < 1.29 is 0 Å². The number of benzene rings is 9. The largest absolute Gasteiger partial charge is 0.309 e. The van der Waals surface area contributed by atoms with Crippen LogP contribution in [0, 0.1) is 0 Å². The first-order valence-corrected chi connectivity index (χ1v) is 22.2. The Morgan fingerprint density at radius 3 is 1.67 bits per heavy atom. The predicted molar refractivity (Wildman–Crippen MR) is 262 cm³/mol. The molecule has 0 radical (unpaired) electrons. The minimum Gasteiger partial charge on any atom is -0.309 e. The van der Waals surface area contributed by atoms with Gasteiger partial charge >= 0.3 is 0 Å². The first-order valence-electron chi connectivity index (χ1n) is 22.2. The molecule has 0 bridgehead atoms. The molecule has 0 aromatic heterocycles. The van der Waals surface area contributed by atoms with Gasteiger partial charge in [0.05, 0.1) is 17.1 Å². The monoisotopic (exact) mass is 787 g/mol. The molecule has 0 atom stereocenters. The van der Waals surface area contributed by atoms with E-state index < -0.39 is 0 Å². The molecule has 1 saturated carbocycles. The van der Waals surface area contributed by atoms with Gasteiger partial charge in [0, 0.05) is 16.7 Å². The molecule has 61 heavy (non-hydrogen) atoms. The van der Waals surface area contributed by atoms with Crippen LogP contribution in [0.3, 0.4) is 0 Å². The summed E-state index contributed by atoms with van der Waals surface area (Å²) in [4.78, 5) is 2.60. The zero-order valence-corrected chi connectivity index (χ0v) is 35.6. The summed E-state index contributed by atoms with van der Waals surface area (Å²) in [5, 5.41) is 5.19. The molecule has 1 aliphatic rings. The summed E-state index contributed by atoms with van der Waals surface area (Å²) in [5.41, 5.74) is 15.8. The van der Waals surface area contributed by atoms with E-state index in [1.165, 1.54) is 109 Å². The normalized spacial score (nSPS) is 13.4. The van der Waals surface area contributed by atoms with E-state index >= 15 is 0 Å². The summed E-state index contributed by atoms with van der Waals surface area (Å²) in [6, 6.07) is 74.8. The Kier molecular flexibility index (Phi) is 10.3. The second kappa shape index (κ2) is 16.4. The summed E-state index contributed by atoms with van der Waals surface area (Å²) < 4.78 is 0. The molecule has 0 heterocycles. The highest BCUT2D eigenvalue weighted by Gasteiger charge is 2.28. The van der Waals surface area contributed by atoms with Crippen molar-refractivity contribution in [2.45, 2.75) is 64.2 Å². The Balaban J connectivity index is 1.32. The average molecular weight is 788 g/mol. The molecule has 0 N–H and O–H groups in total. The molecule has 298 valence electrons. The van der Waals surface area contributed by atoms with Crippen molar-refractivity contribution in [3.05, 3.63) is 211 Å². The van der Waals surface area contributed by atoms with E-state index in [2.05, 4.69) is 226 Å². The van der Waals surface area contributed by atoms with Crippen molar-refractivity contribution in [1.82, 2.24) is 0 Å². The second-order valence-electron chi connectivity index (χ2n) is 17.9. The lowest BCUT2D eigenvalue weighted by atomic mass is 9.80. The van der Waals surface area contributed by atoms with Crippen LogP contribution in [0.1, 0.15) is 69.9 Å². The highest BCUT2D eigenvalue weighted by atomic mass is 15.2. The molecule has 1 heteroatoms. The van der Waals surface area contributed by atoms with Gasteiger partial charge < -0.3 is 4.90 Å². The van der Waals surface area contributed by atoms with Gasteiger partial charge in [0.1, 0.15) is 0 Å². The van der Waals surface area contributed by atoms with Crippen LogP contribution in [0.4, 0.5) is 17.1 Å². The number of rotatable bonds is 8. The van der Waals surface area contributed by atoms with E-state index in [9.17, 15) is 0 Å². The topological polar surface area (TPSA) is 3.24 Å². The van der Waals surface area contributed by atoms with E-state index in [1.54, 1.807) is 0 Å². The molecular formula is C60H53N. The number of fused-ring (bicyclic) bond motifs is 2. The maximum atomic E-state index is 2.60. The highest BCUT2D eigenvalue weighted by Crippen LogP contribution is 2.51. The second-order valence-corrected chi connectivity index (χ2v) is 17.9. The van der Waals surface area contributed by atoms with Gasteiger partial charge in [-0.3, -0.25) is 0 Å². The molecule has 9 aromatic rings. The molecule has 0 unspecified atom stereocenters. The summed E-state index contributed by atoms with van der Waals surface area (Å²) in [6.45, 7) is 6.98. The number of hydrogen-bond donors (Lipinski definition) is 0. The van der Waals surface area contributed by atoms with Crippen LogP contribution in [0.2, 0.25) is 0 Å². The highest BCUT2D eigenvalue weighted by molar-refractivity contribution is 6.06. The van der Waals surface area contributed by atoms with E-state index in [-0.39, 0.29) is 5.41 Å². The molecule has 1 nitrogen and oxygen atoms in total. The molecule has 0 saturated heterocycles. The van der Waals surface area contributed by atoms with Gasteiger partial charge in [-0.05, 0) is 103 Å². The van der Waals surface area contributed by atoms with Gasteiger partial charge in [-0.25, -0.2) is 0 Å². The quantitative estimate of drug-likeness (QED) is 0.148. The number of para-hydroxylation sites is 1. The van der Waals surface area contributed by atoms with E-state index in [0.717, 1.165) is 17.1 Å². The fourth-order valence-corrected chi connectivity index (χ4v) is 9.90. The molecule has 0 spiro atoms. The standard InChI is InChI=1S/C60H53N/c1-60(2,3)48-37-39-52(44-22-9-5-10-23-44)58(41-48)61(56-35-16-15-31-54(56)55-34-19-29-46-28-18-33-53(59(46)55)45-24-11-6-12-25-45)57-40-47(36-38-51(57)43-20-7-4-8-21-43)50-32-17-27-42-26-13-14-30-49(42)50/h4-5,7-10,13-23,26-41,45H,6,11-12,24-25H2,1-3H3. The lowest BCUT2D eigenvalue weighted by molar-refractivity contribution is 0.445. The third-order valence-electron chi connectivity index (χ3n) is 13.0. The molecule has 9 aromatic carbocycles. The molecule has 0 amide bonds. The summed E-state index contributed by atoms with van der Waals surface area (Å²) >= 11 is 0. The lowest BCUT2D eigenvalue weighted by Crippen LogP contribution is -2.17. The third-order valence-corrected chi connectivity index (χ3v) is 13.0. The smallest absolute Gasteiger partial charge is 0.0546 e. The van der Waals surface area contributed by atoms with Crippen molar-refractivity contribution in [3.63, 3.8) is 0 Å². The van der Waals surface area contributed by atoms with Gasteiger partial charge in [0.25, 0.3) is 0 Å². The molecule has 1 aliphatic carbocycles. The molecule has 1 fully saturated rings. The van der Waals surface area contributed by atoms with Gasteiger partial charge in [-0.1, -0.05) is 222 Å². The third kappa shape index (κ3) is 7.44. The first-order chi connectivity index (χ1) is 29.9. The van der Waals surface area contributed by atoms with Crippen molar-refractivity contribution in [2.24, 2.45) is 0 Å². The predicted octanol–water partition coefficient (Wildman–Crippen LogP) is 17.5. The van der Waals surface area contributed by atoms with Crippen molar-refractivity contribution in [1.29, 1.82) is 0 Å². The van der Waals surface area contributed by atoms with Crippen molar-refractivity contribution in [3.8, 4) is 44.5 Å². The minimum absolute atomic E-state index is 0.0766. The number of nitrogens with zero attached hydrogens (tertiary/aromatic N) is 1. The van der Waals surface area contributed by atoms with Crippen molar-refractivity contribution in [2.75, 3.05) is 4.90 Å². The molecule has 0 aliphatic heterocycles. The average Bonchev–Trinajstić information content (AvgIpc) is 3.32. The molecular weight excluding hydrogens is 735 g/mol. The van der Waals surface area contributed by atoms with Crippen LogP contribution < -0.4 is 4.90 Å². The Labute approximate surface area is 362 Å². The fraction of sp³-hybridized carbons (Fsp3) is 0.167. The molecule has 10 rings (SSSR count). The summed E-state index contributed by atoms with van der Waals surface area (Å²) in [5.74, 6) is 0.567. The number of hydrogen-bond acceptors (Lipinski definition) is 1. The van der Waals surface area contributed by atoms with E-state index in [0.29, 0.717) is 5.92 Å². The maximum Gasteiger partial charge on any atom is 0.0546 e. The SMILES string of the molecule is CC(C)(C)c1ccc(-c2ccccc2)c(N(c2cc(-c3cccc4ccccc34)ccc2-c2ccccc2)c2ccccc2-c2cccc3cccc(C4CCCCC4)c23)c1. The van der Waals surface area contributed by atoms with Crippen LogP contribution in [0.25, 0.3) is 66.1 Å². The first kappa shape index (κ1) is 38.5. The summed E-state index contributed by atoms with van der Waals surface area (Å²) in [6.07, 6.45) is 6.45. The van der Waals surface area contributed by atoms with Gasteiger partial charge in [0.15, 0.2) is 0 Å². The van der Waals surface area contributed by atoms with Crippen LogP contribution in [-0.4, -0.2) is 0 Å². The van der Waals surface area contributed by atoms with Crippen LogP contribution in [0.5, 0.6) is 0 Å². The Hall–Kier alpha value is -6.70. The fourth-order valence-electron chi connectivity index (χ4n) is 9.90. The van der Waals surface area contributed by atoms with Crippen LogP contribution in [0.15, 0.2) is 200 Å². The Bertz CT molecular complexity index is 2970. The van der Waals surface area contributed by atoms with Crippen LogP contribution >= 0.6 is 0 Å². The van der Waals surface area contributed by atoms with E-state index in [1.807, 2.05) is 0 Å². The minimum atomic E-state index is -0.0766. The zero-order valence-electron chi connectivity index (χ0n) is 35.6. The van der Waals surface area contributed by atoms with Gasteiger partial charge in [-0.15, -0.1) is 0 Å². The Morgan fingerprint density at radius 1 is 0.393 bits per heavy atom. The van der Waals surface area contributed by atoms with Gasteiger partial charge in [-0.2, -0.15) is 0 Å². The summed E-state index contributed by atoms with van der Waals surface area (Å²) in [7, 11) is 0. The van der Waals surface area contributed by atoms with Gasteiger partial charge in [0.2, 0.25) is 0 Å². The van der Waals surface area contributed by atoms with E-state index in [4.69, 9.17) is 0 Å². The zero-order chi connectivity index (χ0) is 41.3. The van der Waals surface area contributed by atoms with Crippen LogP contribution in [-0.2, 0) is 5.41 Å². The number of anilines is 3.